The molecule has 7 heteroatoms. The van der Waals surface area contributed by atoms with Crippen molar-refractivity contribution in [2.24, 2.45) is 5.92 Å². The van der Waals surface area contributed by atoms with E-state index in [2.05, 4.69) is 38.3 Å². The van der Waals surface area contributed by atoms with Crippen LogP contribution in [0.15, 0.2) is 18.2 Å². The molecule has 1 aromatic heterocycles. The van der Waals surface area contributed by atoms with Crippen molar-refractivity contribution >= 4 is 33.1 Å². The first-order valence-electron chi connectivity index (χ1n) is 11.1. The minimum Gasteiger partial charge on any atom is -0.467 e. The lowest BCUT2D eigenvalue weighted by atomic mass is 9.95. The summed E-state index contributed by atoms with van der Waals surface area (Å²) in [5.74, 6) is 0.598. The Balaban J connectivity index is 1.22. The van der Waals surface area contributed by atoms with Crippen molar-refractivity contribution < 1.29 is 9.53 Å². The summed E-state index contributed by atoms with van der Waals surface area (Å²) in [5.41, 5.74) is 2.25. The summed E-state index contributed by atoms with van der Waals surface area (Å²) in [6.45, 7) is 5.87. The number of piperidine rings is 2. The quantitative estimate of drug-likeness (QED) is 0.832. The fourth-order valence-corrected chi connectivity index (χ4v) is 5.69. The largest absolute Gasteiger partial charge is 0.467 e. The van der Waals surface area contributed by atoms with E-state index in [1.54, 1.807) is 11.3 Å². The van der Waals surface area contributed by atoms with Crippen molar-refractivity contribution in [3.8, 4) is 5.19 Å². The second-order valence-electron chi connectivity index (χ2n) is 8.49. The maximum atomic E-state index is 12.7. The van der Waals surface area contributed by atoms with E-state index in [0.717, 1.165) is 75.7 Å². The van der Waals surface area contributed by atoms with Crippen molar-refractivity contribution in [1.29, 1.82) is 0 Å². The van der Waals surface area contributed by atoms with Crippen LogP contribution in [0, 0.1) is 5.92 Å². The number of hydrogen-bond donors (Lipinski definition) is 1. The Kier molecular flexibility index (Phi) is 5.59. The summed E-state index contributed by atoms with van der Waals surface area (Å²) in [6.07, 6.45) is 6.63. The summed E-state index contributed by atoms with van der Waals surface area (Å²) >= 11 is 1.65. The number of aromatic nitrogens is 1. The fraction of sp³-hybridized carbons (Fsp3) is 0.636. The molecule has 0 atom stereocenters. The third-order valence-corrected chi connectivity index (χ3v) is 7.44. The summed E-state index contributed by atoms with van der Waals surface area (Å²) < 4.78 is 7.31. The first-order chi connectivity index (χ1) is 14.3. The van der Waals surface area contributed by atoms with Gasteiger partial charge in [-0.3, -0.25) is 4.79 Å². The van der Waals surface area contributed by atoms with Gasteiger partial charge in [-0.25, -0.2) is 4.98 Å². The Morgan fingerprint density at radius 2 is 1.83 bits per heavy atom. The highest BCUT2D eigenvalue weighted by Gasteiger charge is 2.30. The van der Waals surface area contributed by atoms with Gasteiger partial charge in [0, 0.05) is 37.8 Å². The number of fused-ring (bicyclic) bond motifs is 1. The molecule has 0 bridgehead atoms. The Morgan fingerprint density at radius 1 is 1.07 bits per heavy atom. The van der Waals surface area contributed by atoms with Crippen LogP contribution in [-0.2, 0) is 4.79 Å². The molecule has 4 heterocycles. The van der Waals surface area contributed by atoms with Gasteiger partial charge in [-0.2, -0.15) is 0 Å². The second-order valence-corrected chi connectivity index (χ2v) is 9.49. The molecular weight excluding hydrogens is 384 g/mol. The maximum Gasteiger partial charge on any atom is 0.274 e. The molecule has 3 aliphatic heterocycles. The average Bonchev–Trinajstić information content (AvgIpc) is 3.43. The van der Waals surface area contributed by atoms with Crippen LogP contribution in [0.4, 0.5) is 5.69 Å². The highest BCUT2D eigenvalue weighted by molar-refractivity contribution is 7.20. The van der Waals surface area contributed by atoms with E-state index in [0.29, 0.717) is 5.91 Å². The number of likely N-dealkylation sites (tertiary alicyclic amines) is 1. The molecule has 1 N–H and O–H groups in total. The zero-order valence-electron chi connectivity index (χ0n) is 16.9. The predicted octanol–water partition coefficient (Wildman–Crippen LogP) is 3.27. The molecule has 6 nitrogen and oxygen atoms in total. The summed E-state index contributed by atoms with van der Waals surface area (Å²) in [7, 11) is 0. The van der Waals surface area contributed by atoms with Crippen molar-refractivity contribution in [2.75, 3.05) is 44.2 Å². The Bertz CT molecular complexity index is 850. The van der Waals surface area contributed by atoms with Crippen molar-refractivity contribution in [2.45, 2.75) is 44.6 Å². The van der Waals surface area contributed by atoms with Crippen molar-refractivity contribution in [3.63, 3.8) is 0 Å². The molecule has 3 saturated heterocycles. The van der Waals surface area contributed by atoms with E-state index in [1.165, 1.54) is 23.2 Å². The van der Waals surface area contributed by atoms with Gasteiger partial charge >= 0.3 is 0 Å². The number of rotatable bonds is 4. The summed E-state index contributed by atoms with van der Waals surface area (Å²) in [5, 5.41) is 4.16. The molecule has 0 radical (unpaired) electrons. The molecule has 5 rings (SSSR count). The van der Waals surface area contributed by atoms with Crippen LogP contribution < -0.4 is 15.0 Å². The van der Waals surface area contributed by atoms with Gasteiger partial charge in [0.05, 0.1) is 10.2 Å². The highest BCUT2D eigenvalue weighted by atomic mass is 32.1. The monoisotopic (exact) mass is 414 g/mol. The van der Waals surface area contributed by atoms with Gasteiger partial charge < -0.3 is 19.9 Å². The smallest absolute Gasteiger partial charge is 0.274 e. The second kappa shape index (κ2) is 8.48. The molecule has 3 aliphatic rings. The van der Waals surface area contributed by atoms with Crippen LogP contribution in [0.25, 0.3) is 10.2 Å². The number of anilines is 1. The number of amides is 1. The van der Waals surface area contributed by atoms with Gasteiger partial charge in [-0.1, -0.05) is 11.3 Å². The van der Waals surface area contributed by atoms with E-state index < -0.39 is 0 Å². The Hall–Kier alpha value is -1.86. The maximum absolute atomic E-state index is 12.7. The molecule has 2 aromatic rings. The number of nitrogens with one attached hydrogen (secondary N) is 1. The van der Waals surface area contributed by atoms with E-state index >= 15 is 0 Å². The first kappa shape index (κ1) is 19.1. The van der Waals surface area contributed by atoms with Crippen molar-refractivity contribution in [3.05, 3.63) is 18.2 Å². The molecule has 0 aliphatic carbocycles. The average molecular weight is 415 g/mol. The topological polar surface area (TPSA) is 57.7 Å². The van der Waals surface area contributed by atoms with Gasteiger partial charge in [0.2, 0.25) is 5.91 Å². The van der Waals surface area contributed by atoms with E-state index in [1.807, 2.05) is 0 Å². The van der Waals surface area contributed by atoms with Crippen molar-refractivity contribution in [1.82, 2.24) is 15.2 Å². The molecule has 0 saturated carbocycles. The zero-order chi connectivity index (χ0) is 19.6. The molecule has 0 spiro atoms. The molecule has 0 unspecified atom stereocenters. The first-order valence-corrected chi connectivity index (χ1v) is 11.9. The third-order valence-electron chi connectivity index (χ3n) is 6.53. The highest BCUT2D eigenvalue weighted by Crippen LogP contribution is 2.33. The Morgan fingerprint density at radius 3 is 2.59 bits per heavy atom. The molecule has 1 amide bonds. The zero-order valence-corrected chi connectivity index (χ0v) is 17.8. The van der Waals surface area contributed by atoms with E-state index in [-0.39, 0.29) is 12.0 Å². The minimum absolute atomic E-state index is 0.210. The van der Waals surface area contributed by atoms with Crippen LogP contribution in [0.2, 0.25) is 0 Å². The normalized spacial score (nSPS) is 21.8. The lowest BCUT2D eigenvalue weighted by molar-refractivity contribution is -0.135. The van der Waals surface area contributed by atoms with Gasteiger partial charge in [0.1, 0.15) is 6.10 Å². The molecule has 29 heavy (non-hydrogen) atoms. The lowest BCUT2D eigenvalue weighted by Crippen LogP contribution is -2.41. The number of carbonyl (C=O) groups is 1. The number of carbonyl (C=O) groups excluding carboxylic acids is 1. The standard InChI is InChI=1S/C22H30N4O2S/c27-21(26-11-1-2-12-26)16-7-13-25(14-8-16)17-3-4-19-20(15-17)29-22(24-19)28-18-5-9-23-10-6-18/h3-4,15-16,18,23H,1-2,5-14H2. The van der Waals surface area contributed by atoms with Gasteiger partial charge in [0.15, 0.2) is 0 Å². The number of ether oxygens (including phenoxy) is 1. The number of thiazole rings is 1. The van der Waals surface area contributed by atoms with Crippen LogP contribution in [0.1, 0.15) is 38.5 Å². The predicted molar refractivity (Wildman–Crippen MR) is 117 cm³/mol. The minimum atomic E-state index is 0.210. The van der Waals surface area contributed by atoms with Crippen LogP contribution in [-0.4, -0.2) is 61.2 Å². The number of nitrogens with zero attached hydrogens (tertiary/aromatic N) is 3. The van der Waals surface area contributed by atoms with Crippen LogP contribution in [0.5, 0.6) is 5.19 Å². The van der Waals surface area contributed by atoms with E-state index in [4.69, 9.17) is 4.74 Å². The third kappa shape index (κ3) is 4.21. The number of hydrogen-bond acceptors (Lipinski definition) is 6. The molecule has 3 fully saturated rings. The fourth-order valence-electron chi connectivity index (χ4n) is 4.78. The SMILES string of the molecule is O=C(C1CCN(c2ccc3nc(OC4CCNCC4)sc3c2)CC1)N1CCCC1. The molecular formula is C22H30N4O2S. The Labute approximate surface area is 176 Å². The lowest BCUT2D eigenvalue weighted by Gasteiger charge is -2.34. The van der Waals surface area contributed by atoms with Gasteiger partial charge in [-0.15, -0.1) is 0 Å². The van der Waals surface area contributed by atoms with Crippen LogP contribution >= 0.6 is 11.3 Å². The van der Waals surface area contributed by atoms with Gasteiger partial charge in [-0.05, 0) is 69.8 Å². The molecule has 156 valence electrons. The van der Waals surface area contributed by atoms with E-state index in [9.17, 15) is 4.79 Å². The van der Waals surface area contributed by atoms with Crippen LogP contribution in [0.3, 0.4) is 0 Å². The number of benzene rings is 1. The summed E-state index contributed by atoms with van der Waals surface area (Å²) in [6, 6.07) is 6.52. The summed E-state index contributed by atoms with van der Waals surface area (Å²) in [4.78, 5) is 21.8. The molecule has 1 aromatic carbocycles. The van der Waals surface area contributed by atoms with Gasteiger partial charge in [0.25, 0.3) is 5.19 Å².